The van der Waals surface area contributed by atoms with Crippen LogP contribution in [0.1, 0.15) is 25.3 Å². The quantitative estimate of drug-likeness (QED) is 0.834. The van der Waals surface area contributed by atoms with Crippen LogP contribution in [0.3, 0.4) is 0 Å². The van der Waals surface area contributed by atoms with Crippen molar-refractivity contribution in [3.8, 4) is 0 Å². The molecule has 1 unspecified atom stereocenters. The van der Waals surface area contributed by atoms with E-state index >= 15 is 0 Å². The second-order valence-electron chi connectivity index (χ2n) is 4.95. The third-order valence-electron chi connectivity index (χ3n) is 3.44. The first kappa shape index (κ1) is 13.4. The van der Waals surface area contributed by atoms with E-state index in [1.807, 2.05) is 19.1 Å². The van der Waals surface area contributed by atoms with Gasteiger partial charge in [-0.25, -0.2) is 4.79 Å². The number of methoxy groups -OCH3 is 1. The van der Waals surface area contributed by atoms with Gasteiger partial charge in [0, 0.05) is 5.02 Å². The van der Waals surface area contributed by atoms with Crippen molar-refractivity contribution < 1.29 is 9.53 Å². The first-order valence-electron chi connectivity index (χ1n) is 6.16. The summed E-state index contributed by atoms with van der Waals surface area (Å²) in [5, 5.41) is 3.94. The number of benzene rings is 1. The van der Waals surface area contributed by atoms with Crippen LogP contribution in [0.2, 0.25) is 5.02 Å². The van der Waals surface area contributed by atoms with Crippen molar-refractivity contribution in [2.75, 3.05) is 13.7 Å². The average Bonchev–Trinajstić information content (AvgIpc) is 3.19. The maximum atomic E-state index is 12.1. The maximum absolute atomic E-state index is 12.1. The summed E-state index contributed by atoms with van der Waals surface area (Å²) in [6.45, 7) is 2.67. The van der Waals surface area contributed by atoms with Crippen LogP contribution in [0.15, 0.2) is 24.3 Å². The lowest BCUT2D eigenvalue weighted by Crippen LogP contribution is -2.48. The zero-order chi connectivity index (χ0) is 13.2. The van der Waals surface area contributed by atoms with E-state index in [9.17, 15) is 4.79 Å². The number of esters is 1. The lowest BCUT2D eigenvalue weighted by molar-refractivity contribution is -0.148. The maximum Gasteiger partial charge on any atom is 0.330 e. The van der Waals surface area contributed by atoms with E-state index in [2.05, 4.69) is 5.32 Å². The molecule has 1 aliphatic carbocycles. The zero-order valence-corrected chi connectivity index (χ0v) is 11.5. The summed E-state index contributed by atoms with van der Waals surface area (Å²) in [6.07, 6.45) is 2.47. The molecule has 1 aromatic rings. The molecule has 0 bridgehead atoms. The summed E-state index contributed by atoms with van der Waals surface area (Å²) in [4.78, 5) is 12.1. The van der Waals surface area contributed by atoms with Gasteiger partial charge in [0.25, 0.3) is 0 Å². The Bertz CT molecular complexity index is 445. The Morgan fingerprint density at radius 3 is 2.83 bits per heavy atom. The number of nitrogens with one attached hydrogen (secondary N) is 1. The molecule has 4 heteroatoms. The smallest absolute Gasteiger partial charge is 0.330 e. The molecular weight excluding hydrogens is 250 g/mol. The molecule has 98 valence electrons. The summed E-state index contributed by atoms with van der Waals surface area (Å²) in [7, 11) is 1.41. The van der Waals surface area contributed by atoms with Crippen molar-refractivity contribution in [1.82, 2.24) is 5.32 Å². The molecule has 18 heavy (non-hydrogen) atoms. The molecule has 0 spiro atoms. The normalized spacial score (nSPS) is 18.2. The van der Waals surface area contributed by atoms with Gasteiger partial charge in [-0.1, -0.05) is 23.7 Å². The van der Waals surface area contributed by atoms with Crippen LogP contribution in [0.25, 0.3) is 0 Å². The molecule has 0 radical (unpaired) electrons. The van der Waals surface area contributed by atoms with Gasteiger partial charge >= 0.3 is 5.97 Å². The van der Waals surface area contributed by atoms with E-state index in [4.69, 9.17) is 16.3 Å². The molecule has 0 amide bonds. The Morgan fingerprint density at radius 2 is 2.28 bits per heavy atom. The highest BCUT2D eigenvalue weighted by molar-refractivity contribution is 6.30. The number of ether oxygens (including phenoxy) is 1. The van der Waals surface area contributed by atoms with E-state index in [1.165, 1.54) is 20.0 Å². The van der Waals surface area contributed by atoms with Gasteiger partial charge in [-0.05, 0) is 49.9 Å². The van der Waals surface area contributed by atoms with Gasteiger partial charge in [0.1, 0.15) is 5.54 Å². The minimum Gasteiger partial charge on any atom is -0.467 e. The largest absolute Gasteiger partial charge is 0.467 e. The number of hydrogen-bond donors (Lipinski definition) is 1. The van der Waals surface area contributed by atoms with Crippen molar-refractivity contribution in [3.63, 3.8) is 0 Å². The molecule has 1 fully saturated rings. The van der Waals surface area contributed by atoms with Gasteiger partial charge in [-0.3, -0.25) is 5.32 Å². The predicted molar refractivity (Wildman–Crippen MR) is 71.5 cm³/mol. The van der Waals surface area contributed by atoms with Gasteiger partial charge in [0.05, 0.1) is 7.11 Å². The fourth-order valence-electron chi connectivity index (χ4n) is 1.97. The number of hydrogen-bond acceptors (Lipinski definition) is 3. The first-order valence-corrected chi connectivity index (χ1v) is 6.53. The van der Waals surface area contributed by atoms with E-state index in [1.54, 1.807) is 12.1 Å². The molecule has 0 heterocycles. The monoisotopic (exact) mass is 267 g/mol. The molecule has 1 aliphatic rings. The highest BCUT2D eigenvalue weighted by Gasteiger charge is 2.37. The Kier molecular flexibility index (Phi) is 3.93. The van der Waals surface area contributed by atoms with Crippen LogP contribution in [0, 0.1) is 5.92 Å². The minimum atomic E-state index is -0.831. The van der Waals surface area contributed by atoms with Crippen LogP contribution >= 0.6 is 11.6 Å². The fourth-order valence-corrected chi connectivity index (χ4v) is 2.16. The Morgan fingerprint density at radius 1 is 1.56 bits per heavy atom. The van der Waals surface area contributed by atoms with Crippen molar-refractivity contribution >= 4 is 17.6 Å². The summed E-state index contributed by atoms with van der Waals surface area (Å²) in [5.41, 5.74) is 0.00454. The van der Waals surface area contributed by atoms with Gasteiger partial charge in [-0.2, -0.15) is 0 Å². The zero-order valence-electron chi connectivity index (χ0n) is 10.7. The fraction of sp³-hybridized carbons (Fsp3) is 0.500. The summed E-state index contributed by atoms with van der Waals surface area (Å²) < 4.78 is 4.92. The molecule has 1 saturated carbocycles. The summed E-state index contributed by atoms with van der Waals surface area (Å²) in [6, 6.07) is 7.34. The second-order valence-corrected chi connectivity index (χ2v) is 5.39. The van der Waals surface area contributed by atoms with Crippen molar-refractivity contribution in [2.45, 2.75) is 25.3 Å². The van der Waals surface area contributed by atoms with Gasteiger partial charge in [0.2, 0.25) is 0 Å². The molecule has 1 atom stereocenters. The van der Waals surface area contributed by atoms with Crippen molar-refractivity contribution in [2.24, 2.45) is 5.92 Å². The lowest BCUT2D eigenvalue weighted by Gasteiger charge is -2.28. The third kappa shape index (κ3) is 2.85. The molecule has 1 N–H and O–H groups in total. The van der Waals surface area contributed by atoms with Gasteiger partial charge in [-0.15, -0.1) is 0 Å². The second kappa shape index (κ2) is 5.29. The highest BCUT2D eigenvalue weighted by Crippen LogP contribution is 2.31. The van der Waals surface area contributed by atoms with E-state index < -0.39 is 5.54 Å². The number of carbonyl (C=O) groups excluding carboxylic acids is 1. The highest BCUT2D eigenvalue weighted by atomic mass is 35.5. The topological polar surface area (TPSA) is 38.3 Å². The third-order valence-corrected chi connectivity index (χ3v) is 3.67. The Balaban J connectivity index is 2.24. The number of rotatable bonds is 5. The molecule has 3 nitrogen and oxygen atoms in total. The Labute approximate surface area is 112 Å². The van der Waals surface area contributed by atoms with Crippen molar-refractivity contribution in [1.29, 1.82) is 0 Å². The van der Waals surface area contributed by atoms with Crippen LogP contribution in [-0.4, -0.2) is 19.6 Å². The first-order chi connectivity index (χ1) is 8.56. The minimum absolute atomic E-state index is 0.287. The summed E-state index contributed by atoms with van der Waals surface area (Å²) in [5.74, 6) is 0.401. The van der Waals surface area contributed by atoms with Gasteiger partial charge < -0.3 is 4.74 Å². The van der Waals surface area contributed by atoms with Crippen molar-refractivity contribution in [3.05, 3.63) is 34.9 Å². The molecule has 0 aromatic heterocycles. The van der Waals surface area contributed by atoms with Crippen LogP contribution in [-0.2, 0) is 15.1 Å². The van der Waals surface area contributed by atoms with Crippen LogP contribution < -0.4 is 5.32 Å². The molecule has 2 rings (SSSR count). The predicted octanol–water partition coefficient (Wildman–Crippen LogP) is 2.73. The van der Waals surface area contributed by atoms with E-state index in [0.717, 1.165) is 12.1 Å². The Hall–Kier alpha value is -1.06. The standard InChI is InChI=1S/C14H18ClNO2/c1-14(13(17)18-2,16-9-10-6-7-10)11-4-3-5-12(15)8-11/h3-5,8,10,16H,6-7,9H2,1-2H3. The number of carbonyl (C=O) groups is 1. The van der Waals surface area contributed by atoms with E-state index in [-0.39, 0.29) is 5.97 Å². The average molecular weight is 268 g/mol. The SMILES string of the molecule is COC(=O)C(C)(NCC1CC1)c1cccc(Cl)c1. The molecule has 0 aliphatic heterocycles. The lowest BCUT2D eigenvalue weighted by atomic mass is 9.92. The molecule has 0 saturated heterocycles. The van der Waals surface area contributed by atoms with E-state index in [0.29, 0.717) is 10.9 Å². The molecular formula is C14H18ClNO2. The molecule has 1 aromatic carbocycles. The summed E-state index contributed by atoms with van der Waals surface area (Å²) >= 11 is 5.99. The van der Waals surface area contributed by atoms with Crippen LogP contribution in [0.4, 0.5) is 0 Å². The number of halogens is 1. The van der Waals surface area contributed by atoms with Gasteiger partial charge in [0.15, 0.2) is 0 Å². The van der Waals surface area contributed by atoms with Crippen LogP contribution in [0.5, 0.6) is 0 Å².